The van der Waals surface area contributed by atoms with E-state index in [2.05, 4.69) is 21.2 Å². The summed E-state index contributed by atoms with van der Waals surface area (Å²) in [7, 11) is -2.46. The predicted molar refractivity (Wildman–Crippen MR) is 128 cm³/mol. The molecule has 0 aliphatic carbocycles. The van der Waals surface area contributed by atoms with Gasteiger partial charge in [-0.15, -0.1) is 0 Å². The van der Waals surface area contributed by atoms with Crippen LogP contribution in [0.2, 0.25) is 5.02 Å². The van der Waals surface area contributed by atoms with Crippen LogP contribution in [0.5, 0.6) is 11.5 Å². The molecule has 0 unspecified atom stereocenters. The molecule has 0 aliphatic rings. The first-order valence-electron chi connectivity index (χ1n) is 9.90. The monoisotopic (exact) mass is 562 g/mol. The molecule has 180 valence electrons. The Morgan fingerprint density at radius 3 is 2.33 bits per heavy atom. The summed E-state index contributed by atoms with van der Waals surface area (Å²) in [6, 6.07) is 4.97. The number of methoxy groups -OCH3 is 1. The standard InChI is InChI=1S/C21H24BrClN2O7S/c1-5-25(6-2)33(29,30)13-10-15(22)19(31-4)17(11-13)24-20(27)12-8-14(21(28)32-7-3)18(26)16(23)9-12/h8-11,26H,5-7H2,1-4H3,(H,24,27). The summed E-state index contributed by atoms with van der Waals surface area (Å²) < 4.78 is 37.7. The molecule has 2 aromatic carbocycles. The van der Waals surface area contributed by atoms with Crippen LogP contribution in [0.4, 0.5) is 5.69 Å². The van der Waals surface area contributed by atoms with E-state index >= 15 is 0 Å². The molecule has 2 aromatic rings. The SMILES string of the molecule is CCOC(=O)c1cc(C(=O)Nc2cc(S(=O)(=O)N(CC)CC)cc(Br)c2OC)cc(Cl)c1O. The van der Waals surface area contributed by atoms with Gasteiger partial charge in [0.25, 0.3) is 5.91 Å². The number of sulfonamides is 1. The van der Waals surface area contributed by atoms with E-state index in [1.165, 1.54) is 29.6 Å². The van der Waals surface area contributed by atoms with Crippen molar-refractivity contribution >= 4 is 55.1 Å². The van der Waals surface area contributed by atoms with Crippen molar-refractivity contribution in [2.75, 3.05) is 32.1 Å². The number of anilines is 1. The number of ether oxygens (including phenoxy) is 2. The third-order valence-electron chi connectivity index (χ3n) is 4.63. The summed E-state index contributed by atoms with van der Waals surface area (Å²) in [5, 5.41) is 12.4. The summed E-state index contributed by atoms with van der Waals surface area (Å²) in [4.78, 5) is 25.0. The second-order valence-corrected chi connectivity index (χ2v) is 9.80. The maximum atomic E-state index is 13.0. The number of nitrogens with one attached hydrogen (secondary N) is 1. The minimum Gasteiger partial charge on any atom is -0.505 e. The highest BCUT2D eigenvalue weighted by molar-refractivity contribution is 9.10. The first kappa shape index (κ1) is 26.9. The highest BCUT2D eigenvalue weighted by Gasteiger charge is 2.26. The van der Waals surface area contributed by atoms with Crippen LogP contribution in [-0.4, -0.2) is 56.5 Å². The lowest BCUT2D eigenvalue weighted by Gasteiger charge is -2.20. The highest BCUT2D eigenvalue weighted by atomic mass is 79.9. The molecular weight excluding hydrogens is 540 g/mol. The molecule has 0 bridgehead atoms. The third kappa shape index (κ3) is 5.78. The molecule has 12 heteroatoms. The number of nitrogens with zero attached hydrogens (tertiary/aromatic N) is 1. The van der Waals surface area contributed by atoms with Gasteiger partial charge in [0.2, 0.25) is 10.0 Å². The molecule has 0 atom stereocenters. The van der Waals surface area contributed by atoms with Gasteiger partial charge >= 0.3 is 5.97 Å². The molecule has 0 heterocycles. The maximum absolute atomic E-state index is 13.0. The molecule has 0 saturated heterocycles. The van der Waals surface area contributed by atoms with Crippen molar-refractivity contribution in [3.63, 3.8) is 0 Å². The lowest BCUT2D eigenvalue weighted by Crippen LogP contribution is -2.30. The number of amides is 1. The van der Waals surface area contributed by atoms with E-state index in [1.54, 1.807) is 20.8 Å². The van der Waals surface area contributed by atoms with Gasteiger partial charge in [-0.3, -0.25) is 4.79 Å². The van der Waals surface area contributed by atoms with Gasteiger partial charge in [0.1, 0.15) is 11.3 Å². The number of aromatic hydroxyl groups is 1. The highest BCUT2D eigenvalue weighted by Crippen LogP contribution is 2.37. The number of phenolic OH excluding ortho intramolecular Hbond substituents is 1. The van der Waals surface area contributed by atoms with Crippen molar-refractivity contribution in [3.05, 3.63) is 44.9 Å². The third-order valence-corrected chi connectivity index (χ3v) is 7.54. The molecule has 0 spiro atoms. The first-order valence-corrected chi connectivity index (χ1v) is 12.5. The summed E-state index contributed by atoms with van der Waals surface area (Å²) >= 11 is 9.28. The number of carbonyl (C=O) groups is 2. The van der Waals surface area contributed by atoms with Crippen LogP contribution < -0.4 is 10.1 Å². The van der Waals surface area contributed by atoms with Crippen molar-refractivity contribution < 1.29 is 32.6 Å². The van der Waals surface area contributed by atoms with Gasteiger partial charge in [0, 0.05) is 18.7 Å². The Hall–Kier alpha value is -2.34. The molecule has 0 aliphatic heterocycles. The van der Waals surface area contributed by atoms with Gasteiger partial charge in [0.15, 0.2) is 5.75 Å². The summed E-state index contributed by atoms with van der Waals surface area (Å²) in [6.45, 7) is 5.64. The van der Waals surface area contributed by atoms with Crippen LogP contribution in [0, 0.1) is 0 Å². The Labute approximate surface area is 205 Å². The lowest BCUT2D eigenvalue weighted by molar-refractivity contribution is 0.0523. The molecule has 2 N–H and O–H groups in total. The average molecular weight is 564 g/mol. The zero-order chi connectivity index (χ0) is 24.9. The van der Waals surface area contributed by atoms with E-state index in [0.29, 0.717) is 4.47 Å². The molecular formula is C21H24BrClN2O7S. The van der Waals surface area contributed by atoms with E-state index in [-0.39, 0.29) is 52.2 Å². The van der Waals surface area contributed by atoms with Crippen LogP contribution in [0.3, 0.4) is 0 Å². The molecule has 0 aromatic heterocycles. The molecule has 0 radical (unpaired) electrons. The predicted octanol–water partition coefficient (Wildman–Crippen LogP) is 4.28. The number of esters is 1. The number of hydrogen-bond acceptors (Lipinski definition) is 7. The van der Waals surface area contributed by atoms with Crippen molar-refractivity contribution in [3.8, 4) is 11.5 Å². The number of rotatable bonds is 9. The van der Waals surface area contributed by atoms with Gasteiger partial charge in [-0.05, 0) is 47.1 Å². The number of carbonyl (C=O) groups excluding carboxylic acids is 2. The largest absolute Gasteiger partial charge is 0.505 e. The minimum absolute atomic E-state index is 0.0508. The molecule has 0 saturated carbocycles. The zero-order valence-corrected chi connectivity index (χ0v) is 21.6. The Balaban J connectivity index is 2.54. The van der Waals surface area contributed by atoms with Crippen molar-refractivity contribution in [1.29, 1.82) is 0 Å². The van der Waals surface area contributed by atoms with Gasteiger partial charge in [-0.2, -0.15) is 4.31 Å². The Bertz CT molecular complexity index is 1170. The normalized spacial score (nSPS) is 11.4. The van der Waals surface area contributed by atoms with E-state index in [0.717, 1.165) is 6.07 Å². The van der Waals surface area contributed by atoms with Crippen LogP contribution in [-0.2, 0) is 14.8 Å². The summed E-state index contributed by atoms with van der Waals surface area (Å²) in [5.74, 6) is -1.89. The van der Waals surface area contributed by atoms with E-state index in [9.17, 15) is 23.1 Å². The number of benzene rings is 2. The van der Waals surface area contributed by atoms with Gasteiger partial charge < -0.3 is 19.9 Å². The fourth-order valence-corrected chi connectivity index (χ4v) is 5.52. The molecule has 0 fully saturated rings. The fourth-order valence-electron chi connectivity index (χ4n) is 3.02. The zero-order valence-electron chi connectivity index (χ0n) is 18.4. The second kappa shape index (κ2) is 11.2. The van der Waals surface area contributed by atoms with E-state index in [4.69, 9.17) is 21.1 Å². The molecule has 9 nitrogen and oxygen atoms in total. The number of hydrogen-bond donors (Lipinski definition) is 2. The number of halogens is 2. The van der Waals surface area contributed by atoms with Crippen LogP contribution in [0.25, 0.3) is 0 Å². The molecule has 1 amide bonds. The smallest absolute Gasteiger partial charge is 0.341 e. The average Bonchev–Trinajstić information content (AvgIpc) is 2.76. The Morgan fingerprint density at radius 1 is 1.15 bits per heavy atom. The minimum atomic E-state index is -3.83. The van der Waals surface area contributed by atoms with Crippen LogP contribution in [0.1, 0.15) is 41.5 Å². The van der Waals surface area contributed by atoms with Crippen LogP contribution in [0.15, 0.2) is 33.6 Å². The topological polar surface area (TPSA) is 122 Å². The van der Waals surface area contributed by atoms with E-state index < -0.39 is 27.6 Å². The van der Waals surface area contributed by atoms with Gasteiger partial charge in [-0.1, -0.05) is 25.4 Å². The maximum Gasteiger partial charge on any atom is 0.341 e. The van der Waals surface area contributed by atoms with Gasteiger partial charge in [0.05, 0.1) is 33.8 Å². The Morgan fingerprint density at radius 2 is 1.79 bits per heavy atom. The summed E-state index contributed by atoms with van der Waals surface area (Å²) in [6.07, 6.45) is 0. The fraction of sp³-hybridized carbons (Fsp3) is 0.333. The van der Waals surface area contributed by atoms with Gasteiger partial charge in [-0.25, -0.2) is 13.2 Å². The molecule has 33 heavy (non-hydrogen) atoms. The number of phenols is 1. The lowest BCUT2D eigenvalue weighted by atomic mass is 10.1. The first-order chi connectivity index (χ1) is 15.5. The van der Waals surface area contributed by atoms with Crippen LogP contribution >= 0.6 is 27.5 Å². The van der Waals surface area contributed by atoms with Crippen molar-refractivity contribution in [1.82, 2.24) is 4.31 Å². The van der Waals surface area contributed by atoms with E-state index in [1.807, 2.05) is 0 Å². The summed E-state index contributed by atoms with van der Waals surface area (Å²) in [5.41, 5.74) is -0.263. The Kier molecular flexibility index (Phi) is 9.12. The molecule has 2 rings (SSSR count). The van der Waals surface area contributed by atoms with Crippen molar-refractivity contribution in [2.45, 2.75) is 25.7 Å². The second-order valence-electron chi connectivity index (χ2n) is 6.60. The quantitative estimate of drug-likeness (QED) is 0.437. The van der Waals surface area contributed by atoms with Crippen molar-refractivity contribution in [2.24, 2.45) is 0 Å².